The molecule has 0 N–H and O–H groups in total. The Morgan fingerprint density at radius 1 is 1.22 bits per heavy atom. The minimum absolute atomic E-state index is 0.0289. The first-order valence-electron chi connectivity index (χ1n) is 8.59. The maximum absolute atomic E-state index is 13.3. The number of hydrogen-bond donors (Lipinski definition) is 0. The summed E-state index contributed by atoms with van der Waals surface area (Å²) in [5, 5.41) is 4.07. The lowest BCUT2D eigenvalue weighted by Crippen LogP contribution is -2.25. The lowest BCUT2D eigenvalue weighted by molar-refractivity contribution is -0.117. The molecule has 7 heteroatoms. The fourth-order valence-electron chi connectivity index (χ4n) is 3.29. The van der Waals surface area contributed by atoms with Gasteiger partial charge in [-0.15, -0.1) is 11.8 Å². The van der Waals surface area contributed by atoms with Crippen molar-refractivity contribution in [3.8, 4) is 11.4 Å². The standard InChI is InChI=1S/C20H18FN3O2S/c1-12-9-15(21)5-8-17(12)24-11-14(10-18(24)25)20-22-19(23-26-20)13-3-6-16(27-2)7-4-13/h3-9,14H,10-11H2,1-2H3. The first kappa shape index (κ1) is 17.7. The number of benzene rings is 2. The predicted octanol–water partition coefficient (Wildman–Crippen LogP) is 4.43. The first-order chi connectivity index (χ1) is 13.0. The van der Waals surface area contributed by atoms with E-state index in [1.165, 1.54) is 12.1 Å². The van der Waals surface area contributed by atoms with Gasteiger partial charge >= 0.3 is 0 Å². The fourth-order valence-corrected chi connectivity index (χ4v) is 3.69. The number of thioether (sulfide) groups is 1. The molecule has 138 valence electrons. The van der Waals surface area contributed by atoms with Gasteiger partial charge in [0.2, 0.25) is 17.6 Å². The fraction of sp³-hybridized carbons (Fsp3) is 0.250. The summed E-state index contributed by atoms with van der Waals surface area (Å²) in [6.07, 6.45) is 2.32. The number of amides is 1. The van der Waals surface area contributed by atoms with Gasteiger partial charge in [0, 0.05) is 29.1 Å². The second-order valence-corrected chi connectivity index (χ2v) is 7.40. The molecule has 1 atom stereocenters. The van der Waals surface area contributed by atoms with Crippen molar-refractivity contribution in [3.05, 3.63) is 59.7 Å². The molecule has 0 aliphatic carbocycles. The topological polar surface area (TPSA) is 59.2 Å². The molecular formula is C20H18FN3O2S. The smallest absolute Gasteiger partial charge is 0.232 e. The Hall–Kier alpha value is -2.67. The van der Waals surface area contributed by atoms with Crippen LogP contribution in [0.1, 0.15) is 23.8 Å². The molecule has 1 aliphatic rings. The summed E-state index contributed by atoms with van der Waals surface area (Å²) in [6.45, 7) is 2.24. The quantitative estimate of drug-likeness (QED) is 0.624. The van der Waals surface area contributed by atoms with Gasteiger partial charge in [-0.05, 0) is 61.2 Å². The number of carbonyl (C=O) groups excluding carboxylic acids is 1. The van der Waals surface area contributed by atoms with Gasteiger partial charge in [-0.2, -0.15) is 4.98 Å². The highest BCUT2D eigenvalue weighted by Crippen LogP contribution is 2.33. The van der Waals surface area contributed by atoms with E-state index in [2.05, 4.69) is 10.1 Å². The molecule has 5 nitrogen and oxygen atoms in total. The second kappa shape index (κ2) is 7.15. The van der Waals surface area contributed by atoms with E-state index in [0.29, 0.717) is 24.7 Å². The summed E-state index contributed by atoms with van der Waals surface area (Å²) in [6, 6.07) is 12.4. The van der Waals surface area contributed by atoms with Crippen molar-refractivity contribution in [3.63, 3.8) is 0 Å². The van der Waals surface area contributed by atoms with E-state index in [-0.39, 0.29) is 17.6 Å². The average Bonchev–Trinajstić information content (AvgIpc) is 3.29. The van der Waals surface area contributed by atoms with Crippen molar-refractivity contribution in [2.45, 2.75) is 24.2 Å². The van der Waals surface area contributed by atoms with Crippen LogP contribution in [-0.4, -0.2) is 28.8 Å². The number of aryl methyl sites for hydroxylation is 1. The van der Waals surface area contributed by atoms with E-state index < -0.39 is 0 Å². The Kier molecular flexibility index (Phi) is 4.70. The minimum atomic E-state index is -0.312. The molecule has 1 aromatic heterocycles. The molecule has 4 rings (SSSR count). The maximum atomic E-state index is 13.3. The van der Waals surface area contributed by atoms with Gasteiger partial charge in [0.05, 0.1) is 5.92 Å². The number of carbonyl (C=O) groups is 1. The number of nitrogens with zero attached hydrogens (tertiary/aromatic N) is 3. The van der Waals surface area contributed by atoms with Crippen LogP contribution in [0, 0.1) is 12.7 Å². The SMILES string of the molecule is CSc1ccc(-c2noc(C3CC(=O)N(c4ccc(F)cc4C)C3)n2)cc1. The van der Waals surface area contributed by atoms with Crippen LogP contribution in [0.4, 0.5) is 10.1 Å². The monoisotopic (exact) mass is 383 g/mol. The van der Waals surface area contributed by atoms with Crippen LogP contribution >= 0.6 is 11.8 Å². The third-order valence-electron chi connectivity index (χ3n) is 4.71. The van der Waals surface area contributed by atoms with E-state index in [0.717, 1.165) is 21.7 Å². The molecule has 3 aromatic rings. The molecule has 0 spiro atoms. The highest BCUT2D eigenvalue weighted by atomic mass is 32.2. The average molecular weight is 383 g/mol. The number of aromatic nitrogens is 2. The molecule has 0 radical (unpaired) electrons. The minimum Gasteiger partial charge on any atom is -0.339 e. The molecule has 2 aromatic carbocycles. The summed E-state index contributed by atoms with van der Waals surface area (Å²) in [5.74, 6) is 0.456. The number of anilines is 1. The molecule has 2 heterocycles. The molecule has 1 fully saturated rings. The summed E-state index contributed by atoms with van der Waals surface area (Å²) in [7, 11) is 0. The van der Waals surface area contributed by atoms with Crippen LogP contribution < -0.4 is 4.90 Å². The molecular weight excluding hydrogens is 365 g/mol. The molecule has 0 saturated carbocycles. The summed E-state index contributed by atoms with van der Waals surface area (Å²) in [5.41, 5.74) is 2.32. The Labute approximate surface area is 160 Å². The Morgan fingerprint density at radius 2 is 2.00 bits per heavy atom. The first-order valence-corrected chi connectivity index (χ1v) is 9.82. The highest BCUT2D eigenvalue weighted by Gasteiger charge is 2.35. The van der Waals surface area contributed by atoms with Crippen LogP contribution in [0.3, 0.4) is 0 Å². The maximum Gasteiger partial charge on any atom is 0.232 e. The van der Waals surface area contributed by atoms with E-state index >= 15 is 0 Å². The molecule has 0 bridgehead atoms. The summed E-state index contributed by atoms with van der Waals surface area (Å²) in [4.78, 5) is 19.8. The Bertz CT molecular complexity index is 987. The summed E-state index contributed by atoms with van der Waals surface area (Å²) >= 11 is 1.67. The van der Waals surface area contributed by atoms with E-state index in [1.807, 2.05) is 30.5 Å². The normalized spacial score (nSPS) is 16.9. The third kappa shape index (κ3) is 3.47. The zero-order chi connectivity index (χ0) is 19.0. The van der Waals surface area contributed by atoms with Crippen molar-refractivity contribution >= 4 is 23.4 Å². The lowest BCUT2D eigenvalue weighted by atomic mass is 10.1. The second-order valence-electron chi connectivity index (χ2n) is 6.52. The van der Waals surface area contributed by atoms with Crippen molar-refractivity contribution < 1.29 is 13.7 Å². The summed E-state index contributed by atoms with van der Waals surface area (Å²) < 4.78 is 18.8. The van der Waals surface area contributed by atoms with Crippen LogP contribution in [0.25, 0.3) is 11.4 Å². The molecule has 1 aliphatic heterocycles. The van der Waals surface area contributed by atoms with Gasteiger partial charge in [-0.3, -0.25) is 4.79 Å². The number of rotatable bonds is 4. The van der Waals surface area contributed by atoms with Gasteiger partial charge in [0.15, 0.2) is 0 Å². The zero-order valence-electron chi connectivity index (χ0n) is 15.0. The Morgan fingerprint density at radius 3 is 2.70 bits per heavy atom. The largest absolute Gasteiger partial charge is 0.339 e. The van der Waals surface area contributed by atoms with E-state index in [4.69, 9.17) is 4.52 Å². The van der Waals surface area contributed by atoms with Crippen LogP contribution in [0.15, 0.2) is 51.9 Å². The number of hydrogen-bond acceptors (Lipinski definition) is 5. The van der Waals surface area contributed by atoms with E-state index in [1.54, 1.807) is 29.7 Å². The third-order valence-corrected chi connectivity index (χ3v) is 5.46. The van der Waals surface area contributed by atoms with Crippen molar-refractivity contribution in [1.29, 1.82) is 0 Å². The van der Waals surface area contributed by atoms with Crippen molar-refractivity contribution in [2.24, 2.45) is 0 Å². The van der Waals surface area contributed by atoms with Crippen molar-refractivity contribution in [2.75, 3.05) is 17.7 Å². The predicted molar refractivity (Wildman–Crippen MR) is 102 cm³/mol. The molecule has 1 unspecified atom stereocenters. The number of halogens is 1. The van der Waals surface area contributed by atoms with E-state index in [9.17, 15) is 9.18 Å². The van der Waals surface area contributed by atoms with Crippen LogP contribution in [0.2, 0.25) is 0 Å². The molecule has 1 saturated heterocycles. The van der Waals surface area contributed by atoms with Gasteiger partial charge < -0.3 is 9.42 Å². The lowest BCUT2D eigenvalue weighted by Gasteiger charge is -2.18. The Balaban J connectivity index is 1.54. The van der Waals surface area contributed by atoms with Gasteiger partial charge in [-0.1, -0.05) is 5.16 Å². The molecule has 27 heavy (non-hydrogen) atoms. The van der Waals surface area contributed by atoms with Crippen LogP contribution in [-0.2, 0) is 4.79 Å². The van der Waals surface area contributed by atoms with Gasteiger partial charge in [0.25, 0.3) is 0 Å². The molecule has 1 amide bonds. The van der Waals surface area contributed by atoms with Crippen molar-refractivity contribution in [1.82, 2.24) is 10.1 Å². The van der Waals surface area contributed by atoms with Gasteiger partial charge in [-0.25, -0.2) is 4.39 Å². The van der Waals surface area contributed by atoms with Gasteiger partial charge in [0.1, 0.15) is 5.82 Å². The highest BCUT2D eigenvalue weighted by molar-refractivity contribution is 7.98. The van der Waals surface area contributed by atoms with Crippen LogP contribution in [0.5, 0.6) is 0 Å². The zero-order valence-corrected chi connectivity index (χ0v) is 15.8.